The van der Waals surface area contributed by atoms with Crippen molar-refractivity contribution >= 4 is 5.91 Å². The number of nitrogens with zero attached hydrogens (tertiary/aromatic N) is 1. The summed E-state index contributed by atoms with van der Waals surface area (Å²) in [7, 11) is 3.56. The molecule has 1 aliphatic carbocycles. The van der Waals surface area contributed by atoms with Crippen molar-refractivity contribution in [3.05, 3.63) is 0 Å². The Morgan fingerprint density at radius 2 is 2.00 bits per heavy atom. The van der Waals surface area contributed by atoms with E-state index in [1.165, 1.54) is 0 Å². The monoisotopic (exact) mass is 256 g/mol. The molecule has 0 heterocycles. The average molecular weight is 256 g/mol. The van der Waals surface area contributed by atoms with E-state index >= 15 is 0 Å². The molecule has 4 nitrogen and oxygen atoms in total. The Morgan fingerprint density at radius 3 is 2.56 bits per heavy atom. The smallest absolute Gasteiger partial charge is 0.222 e. The summed E-state index contributed by atoms with van der Waals surface area (Å²) in [6.45, 7) is 3.72. The van der Waals surface area contributed by atoms with Crippen LogP contribution >= 0.6 is 0 Å². The Bertz CT molecular complexity index is 259. The second kappa shape index (κ2) is 7.10. The van der Waals surface area contributed by atoms with Gasteiger partial charge in [0.2, 0.25) is 5.91 Å². The van der Waals surface area contributed by atoms with Crippen molar-refractivity contribution in [3.63, 3.8) is 0 Å². The first kappa shape index (κ1) is 15.4. The molecule has 1 fully saturated rings. The van der Waals surface area contributed by atoms with Crippen molar-refractivity contribution in [2.75, 3.05) is 27.2 Å². The molecular formula is C14H28N2O2. The van der Waals surface area contributed by atoms with Crippen LogP contribution in [0.25, 0.3) is 0 Å². The lowest BCUT2D eigenvalue weighted by Gasteiger charge is -2.35. The maximum atomic E-state index is 11.4. The number of hydrogen-bond donors (Lipinski definition) is 2. The van der Waals surface area contributed by atoms with Gasteiger partial charge < -0.3 is 15.3 Å². The molecule has 18 heavy (non-hydrogen) atoms. The summed E-state index contributed by atoms with van der Waals surface area (Å²) in [5.74, 6) is 0.921. The third kappa shape index (κ3) is 5.36. The topological polar surface area (TPSA) is 52.6 Å². The van der Waals surface area contributed by atoms with Crippen LogP contribution in [0.3, 0.4) is 0 Å². The molecule has 1 saturated carbocycles. The van der Waals surface area contributed by atoms with Gasteiger partial charge in [-0.2, -0.15) is 0 Å². The molecule has 0 aromatic carbocycles. The normalized spacial score (nSPS) is 28.1. The molecule has 0 spiro atoms. The highest BCUT2D eigenvalue weighted by Gasteiger charge is 2.31. The summed E-state index contributed by atoms with van der Waals surface area (Å²) in [6.07, 6.45) is 5.46. The van der Waals surface area contributed by atoms with Crippen LogP contribution in [0.5, 0.6) is 0 Å². The predicted octanol–water partition coefficient (Wildman–Crippen LogP) is 1.39. The van der Waals surface area contributed by atoms with Crippen molar-refractivity contribution in [1.82, 2.24) is 10.2 Å². The first-order valence-electron chi connectivity index (χ1n) is 7.06. The van der Waals surface area contributed by atoms with Gasteiger partial charge in [-0.1, -0.05) is 6.92 Å². The Kier molecular flexibility index (Phi) is 6.09. The van der Waals surface area contributed by atoms with E-state index in [4.69, 9.17) is 0 Å². The van der Waals surface area contributed by atoms with E-state index in [9.17, 15) is 9.90 Å². The number of carbonyl (C=O) groups is 1. The first-order chi connectivity index (χ1) is 8.43. The number of rotatable bonds is 6. The van der Waals surface area contributed by atoms with Crippen LogP contribution in [0.2, 0.25) is 0 Å². The van der Waals surface area contributed by atoms with Gasteiger partial charge in [0.15, 0.2) is 0 Å². The fourth-order valence-corrected chi connectivity index (χ4v) is 2.39. The lowest BCUT2D eigenvalue weighted by atomic mass is 9.79. The van der Waals surface area contributed by atoms with Crippen molar-refractivity contribution in [3.8, 4) is 0 Å². The maximum Gasteiger partial charge on any atom is 0.222 e. The molecule has 0 aromatic rings. The zero-order chi connectivity index (χ0) is 13.6. The summed E-state index contributed by atoms with van der Waals surface area (Å²) >= 11 is 0. The van der Waals surface area contributed by atoms with Gasteiger partial charge in [0.1, 0.15) is 0 Å². The number of carbonyl (C=O) groups excluding carboxylic acids is 1. The molecule has 0 aromatic heterocycles. The Balaban J connectivity index is 2.09. The minimum absolute atomic E-state index is 0.169. The Hall–Kier alpha value is -0.610. The van der Waals surface area contributed by atoms with E-state index < -0.39 is 5.60 Å². The Morgan fingerprint density at radius 1 is 1.39 bits per heavy atom. The van der Waals surface area contributed by atoms with Crippen molar-refractivity contribution in [1.29, 1.82) is 0 Å². The van der Waals surface area contributed by atoms with Crippen molar-refractivity contribution < 1.29 is 9.90 Å². The van der Waals surface area contributed by atoms with E-state index in [0.29, 0.717) is 13.0 Å². The second-order valence-electron chi connectivity index (χ2n) is 5.98. The minimum Gasteiger partial charge on any atom is -0.389 e. The lowest BCUT2D eigenvalue weighted by molar-refractivity contribution is -0.128. The van der Waals surface area contributed by atoms with Crippen LogP contribution < -0.4 is 5.32 Å². The molecular weight excluding hydrogens is 228 g/mol. The SMILES string of the molecule is CC1CCC(O)(CNCCCC(=O)N(C)C)CC1. The molecule has 0 atom stereocenters. The molecule has 2 N–H and O–H groups in total. The highest BCUT2D eigenvalue weighted by atomic mass is 16.3. The van der Waals surface area contributed by atoms with Gasteiger partial charge in [-0.05, 0) is 44.6 Å². The quantitative estimate of drug-likeness (QED) is 0.706. The van der Waals surface area contributed by atoms with Crippen molar-refractivity contribution in [2.45, 2.75) is 51.0 Å². The molecule has 1 rings (SSSR count). The zero-order valence-electron chi connectivity index (χ0n) is 12.0. The molecule has 0 aliphatic heterocycles. The molecule has 0 bridgehead atoms. The van der Waals surface area contributed by atoms with Gasteiger partial charge in [0.25, 0.3) is 0 Å². The van der Waals surface area contributed by atoms with Crippen LogP contribution in [0.15, 0.2) is 0 Å². The maximum absolute atomic E-state index is 11.4. The summed E-state index contributed by atoms with van der Waals surface area (Å²) < 4.78 is 0. The third-order valence-electron chi connectivity index (χ3n) is 3.90. The van der Waals surface area contributed by atoms with Crippen molar-refractivity contribution in [2.24, 2.45) is 5.92 Å². The molecule has 0 saturated heterocycles. The summed E-state index contributed by atoms with van der Waals surface area (Å²) in [5.41, 5.74) is -0.516. The number of hydrogen-bond acceptors (Lipinski definition) is 3. The molecule has 0 unspecified atom stereocenters. The molecule has 4 heteroatoms. The zero-order valence-corrected chi connectivity index (χ0v) is 12.0. The number of amides is 1. The lowest BCUT2D eigenvalue weighted by Crippen LogP contribution is -2.43. The molecule has 1 aliphatic rings. The summed E-state index contributed by atoms with van der Waals surface area (Å²) in [6, 6.07) is 0. The minimum atomic E-state index is -0.516. The van der Waals surface area contributed by atoms with E-state index in [1.807, 2.05) is 0 Å². The fraction of sp³-hybridized carbons (Fsp3) is 0.929. The van der Waals surface area contributed by atoms with Gasteiger partial charge in [-0.15, -0.1) is 0 Å². The van der Waals surface area contributed by atoms with Gasteiger partial charge in [-0.25, -0.2) is 0 Å². The highest BCUT2D eigenvalue weighted by Crippen LogP contribution is 2.31. The third-order valence-corrected chi connectivity index (χ3v) is 3.90. The average Bonchev–Trinajstić information content (AvgIpc) is 2.32. The molecule has 0 radical (unpaired) electrons. The first-order valence-corrected chi connectivity index (χ1v) is 7.06. The van der Waals surface area contributed by atoms with E-state index in [1.54, 1.807) is 19.0 Å². The predicted molar refractivity (Wildman–Crippen MR) is 73.4 cm³/mol. The van der Waals surface area contributed by atoms with Gasteiger partial charge >= 0.3 is 0 Å². The van der Waals surface area contributed by atoms with Crippen LogP contribution in [-0.2, 0) is 4.79 Å². The standard InChI is InChI=1S/C14H28N2O2/c1-12-6-8-14(18,9-7-12)11-15-10-4-5-13(17)16(2)3/h12,15,18H,4-11H2,1-3H3. The van der Waals surface area contributed by atoms with E-state index in [0.717, 1.165) is 44.6 Å². The highest BCUT2D eigenvalue weighted by molar-refractivity contribution is 5.75. The van der Waals surface area contributed by atoms with Crippen LogP contribution in [0, 0.1) is 5.92 Å². The van der Waals surface area contributed by atoms with Gasteiger partial charge in [0, 0.05) is 27.1 Å². The summed E-state index contributed by atoms with van der Waals surface area (Å²) in [4.78, 5) is 13.0. The number of nitrogens with one attached hydrogen (secondary N) is 1. The Labute approximate surface area is 111 Å². The number of aliphatic hydroxyl groups is 1. The summed E-state index contributed by atoms with van der Waals surface area (Å²) in [5, 5.41) is 13.6. The van der Waals surface area contributed by atoms with Gasteiger partial charge in [0.05, 0.1) is 5.60 Å². The largest absolute Gasteiger partial charge is 0.389 e. The second-order valence-corrected chi connectivity index (χ2v) is 5.98. The van der Waals surface area contributed by atoms with Crippen LogP contribution in [0.1, 0.15) is 45.4 Å². The van der Waals surface area contributed by atoms with Gasteiger partial charge in [-0.3, -0.25) is 4.79 Å². The molecule has 1 amide bonds. The van der Waals surface area contributed by atoms with Crippen LogP contribution in [0.4, 0.5) is 0 Å². The fourth-order valence-electron chi connectivity index (χ4n) is 2.39. The molecule has 106 valence electrons. The van der Waals surface area contributed by atoms with E-state index in [-0.39, 0.29) is 5.91 Å². The van der Waals surface area contributed by atoms with E-state index in [2.05, 4.69) is 12.2 Å². The van der Waals surface area contributed by atoms with Crippen LogP contribution in [-0.4, -0.2) is 48.7 Å².